The van der Waals surface area contributed by atoms with E-state index in [2.05, 4.69) is 37.9 Å². The minimum absolute atomic E-state index is 0.117. The van der Waals surface area contributed by atoms with Gasteiger partial charge in [-0.1, -0.05) is 29.8 Å². The number of amides is 1. The van der Waals surface area contributed by atoms with E-state index in [9.17, 15) is 9.18 Å². The van der Waals surface area contributed by atoms with Gasteiger partial charge in [-0.05, 0) is 60.7 Å². The third-order valence-electron chi connectivity index (χ3n) is 5.49. The Morgan fingerprint density at radius 1 is 1.19 bits per heavy atom. The smallest absolute Gasteiger partial charge is 0.235 e. The average Bonchev–Trinajstić information content (AvgIpc) is 3.17. The molecule has 0 saturated heterocycles. The summed E-state index contributed by atoms with van der Waals surface area (Å²) >= 11 is 8.36. The molecule has 0 spiro atoms. The van der Waals surface area contributed by atoms with Crippen LogP contribution >= 0.6 is 34.2 Å². The Morgan fingerprint density at radius 2 is 1.97 bits per heavy atom. The maximum Gasteiger partial charge on any atom is 0.235 e. The highest BCUT2D eigenvalue weighted by atomic mass is 127. The van der Waals surface area contributed by atoms with E-state index < -0.39 is 5.41 Å². The number of hydrogen-bond donors (Lipinski definition) is 1. The van der Waals surface area contributed by atoms with E-state index in [0.717, 1.165) is 16.5 Å². The summed E-state index contributed by atoms with van der Waals surface area (Å²) in [5, 5.41) is 8.90. The molecule has 0 unspecified atom stereocenters. The van der Waals surface area contributed by atoms with Gasteiger partial charge in [-0.2, -0.15) is 5.10 Å². The van der Waals surface area contributed by atoms with Gasteiger partial charge in [-0.15, -0.1) is 0 Å². The molecule has 1 amide bonds. The number of aromatic nitrogens is 4. The van der Waals surface area contributed by atoms with Crippen LogP contribution < -0.4 is 5.32 Å². The number of carbonyl (C=O) groups is 1. The molecule has 1 N–H and O–H groups in total. The molecular formula is C22H16ClFIN5O. The van der Waals surface area contributed by atoms with Gasteiger partial charge in [-0.3, -0.25) is 9.48 Å². The summed E-state index contributed by atoms with van der Waals surface area (Å²) in [5.41, 5.74) is 1.87. The Labute approximate surface area is 196 Å². The molecule has 6 nitrogen and oxygen atoms in total. The molecule has 156 valence electrons. The van der Waals surface area contributed by atoms with Crippen LogP contribution in [0.2, 0.25) is 5.02 Å². The standard InChI is InChI=1S/C22H16ClFIN5O/c1-22(2)16-18(25)26-20(27-19(16)28-21(22)31)17-13-8-7-12(23)9-15(13)30(29-17)10-11-5-3-4-6-14(11)24/h3-9H,10H2,1-2H3,(H,26,27,28,31). The lowest BCUT2D eigenvalue weighted by atomic mass is 9.88. The summed E-state index contributed by atoms with van der Waals surface area (Å²) in [5.74, 6) is 0.465. The van der Waals surface area contributed by atoms with E-state index in [1.54, 1.807) is 35.0 Å². The van der Waals surface area contributed by atoms with Crippen molar-refractivity contribution < 1.29 is 9.18 Å². The predicted molar refractivity (Wildman–Crippen MR) is 126 cm³/mol. The van der Waals surface area contributed by atoms with Crippen LogP contribution in [0.15, 0.2) is 42.5 Å². The van der Waals surface area contributed by atoms with Crippen molar-refractivity contribution in [2.24, 2.45) is 0 Å². The number of nitrogens with one attached hydrogen (secondary N) is 1. The van der Waals surface area contributed by atoms with Gasteiger partial charge in [0.15, 0.2) is 5.82 Å². The summed E-state index contributed by atoms with van der Waals surface area (Å²) in [4.78, 5) is 21.7. The van der Waals surface area contributed by atoms with Crippen LogP contribution in [0.1, 0.15) is 25.0 Å². The highest BCUT2D eigenvalue weighted by molar-refractivity contribution is 14.1. The molecule has 1 aliphatic rings. The summed E-state index contributed by atoms with van der Waals surface area (Å²) in [6, 6.07) is 12.0. The van der Waals surface area contributed by atoms with Crippen molar-refractivity contribution in [2.75, 3.05) is 5.32 Å². The second kappa shape index (κ2) is 7.23. The maximum atomic E-state index is 14.3. The number of hydrogen-bond acceptors (Lipinski definition) is 4. The molecule has 4 aromatic rings. The molecule has 2 aromatic carbocycles. The van der Waals surface area contributed by atoms with Gasteiger partial charge in [0.05, 0.1) is 17.5 Å². The number of anilines is 1. The fraction of sp³-hybridized carbons (Fsp3) is 0.182. The minimum Gasteiger partial charge on any atom is -0.310 e. The van der Waals surface area contributed by atoms with Crippen LogP contribution in [0.25, 0.3) is 22.4 Å². The fourth-order valence-electron chi connectivity index (χ4n) is 3.78. The number of nitrogens with zero attached hydrogens (tertiary/aromatic N) is 4. The zero-order valence-corrected chi connectivity index (χ0v) is 19.5. The van der Waals surface area contributed by atoms with Gasteiger partial charge in [-0.25, -0.2) is 14.4 Å². The maximum absolute atomic E-state index is 14.3. The summed E-state index contributed by atoms with van der Waals surface area (Å²) in [6.45, 7) is 3.93. The van der Waals surface area contributed by atoms with Crippen LogP contribution in [0.4, 0.5) is 10.2 Å². The van der Waals surface area contributed by atoms with Crippen molar-refractivity contribution in [1.82, 2.24) is 19.7 Å². The molecular weight excluding hydrogens is 532 g/mol. The number of carbonyl (C=O) groups excluding carboxylic acids is 1. The zero-order valence-electron chi connectivity index (χ0n) is 16.6. The Hall–Kier alpha value is -2.59. The van der Waals surface area contributed by atoms with E-state index in [-0.39, 0.29) is 18.3 Å². The molecule has 0 fully saturated rings. The lowest BCUT2D eigenvalue weighted by Crippen LogP contribution is -2.27. The summed E-state index contributed by atoms with van der Waals surface area (Å²) < 4.78 is 16.6. The minimum atomic E-state index is -0.704. The first kappa shape index (κ1) is 20.3. The Kier molecular flexibility index (Phi) is 4.74. The van der Waals surface area contributed by atoms with Gasteiger partial charge in [0.1, 0.15) is 21.0 Å². The van der Waals surface area contributed by atoms with Crippen LogP contribution in [0, 0.1) is 9.52 Å². The third-order valence-corrected chi connectivity index (χ3v) is 6.51. The third kappa shape index (κ3) is 3.28. The van der Waals surface area contributed by atoms with Crippen LogP contribution in [-0.2, 0) is 16.8 Å². The first-order valence-corrected chi connectivity index (χ1v) is 11.0. The van der Waals surface area contributed by atoms with Crippen molar-refractivity contribution >= 4 is 56.8 Å². The Balaban J connectivity index is 1.69. The largest absolute Gasteiger partial charge is 0.310 e. The van der Waals surface area contributed by atoms with E-state index >= 15 is 0 Å². The zero-order chi connectivity index (χ0) is 21.9. The monoisotopic (exact) mass is 547 g/mol. The number of rotatable bonds is 3. The molecule has 0 aliphatic carbocycles. The molecule has 5 rings (SSSR count). The molecule has 2 aromatic heterocycles. The van der Waals surface area contributed by atoms with E-state index in [4.69, 9.17) is 16.7 Å². The molecule has 31 heavy (non-hydrogen) atoms. The predicted octanol–water partition coefficient (Wildman–Crippen LogP) is 5.17. The first-order chi connectivity index (χ1) is 14.8. The average molecular weight is 548 g/mol. The van der Waals surface area contributed by atoms with Crippen LogP contribution in [0.3, 0.4) is 0 Å². The van der Waals surface area contributed by atoms with Crippen molar-refractivity contribution in [3.8, 4) is 11.5 Å². The van der Waals surface area contributed by atoms with Gasteiger partial charge >= 0.3 is 0 Å². The SMILES string of the molecule is CC1(C)C(=O)Nc2nc(-c3nn(Cc4ccccc4F)c4cc(Cl)ccc34)nc(I)c21. The molecule has 0 radical (unpaired) electrons. The van der Waals surface area contributed by atoms with Gasteiger partial charge in [0, 0.05) is 21.5 Å². The lowest BCUT2D eigenvalue weighted by Gasteiger charge is -2.15. The van der Waals surface area contributed by atoms with E-state index in [1.165, 1.54) is 6.07 Å². The quantitative estimate of drug-likeness (QED) is 0.284. The Morgan fingerprint density at radius 3 is 2.74 bits per heavy atom. The van der Waals surface area contributed by atoms with E-state index in [1.807, 2.05) is 19.9 Å². The second-order valence-corrected chi connectivity index (χ2v) is 9.36. The number of fused-ring (bicyclic) bond motifs is 2. The van der Waals surface area contributed by atoms with Gasteiger partial charge < -0.3 is 5.32 Å². The second-order valence-electron chi connectivity index (χ2n) is 7.90. The molecule has 0 atom stereocenters. The number of benzene rings is 2. The highest BCUT2D eigenvalue weighted by Crippen LogP contribution is 2.40. The highest BCUT2D eigenvalue weighted by Gasteiger charge is 2.42. The molecule has 0 saturated carbocycles. The molecule has 0 bridgehead atoms. The van der Waals surface area contributed by atoms with Crippen molar-refractivity contribution in [1.29, 1.82) is 0 Å². The van der Waals surface area contributed by atoms with Crippen molar-refractivity contribution in [3.63, 3.8) is 0 Å². The van der Waals surface area contributed by atoms with Crippen LogP contribution in [-0.4, -0.2) is 25.7 Å². The van der Waals surface area contributed by atoms with Gasteiger partial charge in [0.2, 0.25) is 5.91 Å². The molecule has 3 heterocycles. The van der Waals surface area contributed by atoms with Gasteiger partial charge in [0.25, 0.3) is 0 Å². The topological polar surface area (TPSA) is 72.7 Å². The first-order valence-electron chi connectivity index (χ1n) is 9.55. The fourth-order valence-corrected chi connectivity index (χ4v) is 5.11. The lowest BCUT2D eigenvalue weighted by molar-refractivity contribution is -0.119. The molecule has 9 heteroatoms. The van der Waals surface area contributed by atoms with Crippen molar-refractivity contribution in [2.45, 2.75) is 25.8 Å². The van der Waals surface area contributed by atoms with E-state index in [0.29, 0.717) is 31.6 Å². The van der Waals surface area contributed by atoms with Crippen LogP contribution in [0.5, 0.6) is 0 Å². The Bertz CT molecular complexity index is 1380. The summed E-state index contributed by atoms with van der Waals surface area (Å²) in [6.07, 6.45) is 0. The molecule has 1 aliphatic heterocycles. The normalized spacial score (nSPS) is 14.7. The summed E-state index contributed by atoms with van der Waals surface area (Å²) in [7, 11) is 0. The van der Waals surface area contributed by atoms with Crippen molar-refractivity contribution in [3.05, 3.63) is 68.1 Å². The number of halogens is 3.